The molecule has 1 N–H and O–H groups in total. The lowest BCUT2D eigenvalue weighted by atomic mass is 10.1. The predicted octanol–water partition coefficient (Wildman–Crippen LogP) is 4.21. The van der Waals surface area contributed by atoms with Crippen molar-refractivity contribution in [2.75, 3.05) is 38.2 Å². The first kappa shape index (κ1) is 23.4. The fraction of sp³-hybridized carbons (Fsp3) is 0.619. The molecule has 2 aliphatic heterocycles. The van der Waals surface area contributed by atoms with E-state index in [1.165, 1.54) is 0 Å². The fourth-order valence-corrected chi connectivity index (χ4v) is 4.86. The van der Waals surface area contributed by atoms with Crippen LogP contribution in [0.25, 0.3) is 10.9 Å². The third kappa shape index (κ3) is 4.51. The molecule has 0 saturated carbocycles. The van der Waals surface area contributed by atoms with Crippen molar-refractivity contribution in [3.8, 4) is 6.01 Å². The topological polar surface area (TPSA) is 53.5 Å². The average molecular weight is 520 g/mol. The summed E-state index contributed by atoms with van der Waals surface area (Å²) in [6, 6.07) is 1.12. The van der Waals surface area contributed by atoms with Gasteiger partial charge in [0.1, 0.15) is 17.9 Å². The van der Waals surface area contributed by atoms with Crippen molar-refractivity contribution in [1.82, 2.24) is 20.2 Å². The molecule has 0 spiro atoms. The van der Waals surface area contributed by atoms with E-state index < -0.39 is 22.0 Å². The molecule has 11 heteroatoms. The zero-order valence-electron chi connectivity index (χ0n) is 18.1. The Morgan fingerprint density at radius 2 is 2.03 bits per heavy atom. The second-order valence-electron chi connectivity index (χ2n) is 8.67. The van der Waals surface area contributed by atoms with Gasteiger partial charge in [-0.1, -0.05) is 0 Å². The van der Waals surface area contributed by atoms with Crippen molar-refractivity contribution >= 4 is 32.7 Å². The molecule has 1 aromatic heterocycles. The number of piperazine rings is 1. The number of benzene rings is 1. The van der Waals surface area contributed by atoms with Crippen molar-refractivity contribution in [2.45, 2.75) is 51.0 Å². The number of fused-ring (bicyclic) bond motifs is 1. The van der Waals surface area contributed by atoms with Gasteiger partial charge in [-0.05, 0) is 62.3 Å². The van der Waals surface area contributed by atoms with Gasteiger partial charge in [-0.15, -0.1) is 0 Å². The minimum atomic E-state index is -4.73. The molecule has 0 aliphatic carbocycles. The number of nitrogens with zero attached hydrogens (tertiary/aromatic N) is 4. The summed E-state index contributed by atoms with van der Waals surface area (Å²) in [7, 11) is 2.01. The molecule has 2 saturated heterocycles. The molecule has 3 atom stereocenters. The largest absolute Gasteiger partial charge is 0.462 e. The second kappa shape index (κ2) is 8.90. The van der Waals surface area contributed by atoms with Crippen LogP contribution in [0, 0.1) is 5.82 Å². The lowest BCUT2D eigenvalue weighted by Gasteiger charge is -2.39. The highest BCUT2D eigenvalue weighted by atomic mass is 79.9. The van der Waals surface area contributed by atoms with Crippen LogP contribution >= 0.6 is 15.9 Å². The van der Waals surface area contributed by atoms with Gasteiger partial charge < -0.3 is 19.9 Å². The maximum absolute atomic E-state index is 15.2. The van der Waals surface area contributed by atoms with Gasteiger partial charge >= 0.3 is 12.2 Å². The summed E-state index contributed by atoms with van der Waals surface area (Å²) in [6.07, 6.45) is -2.69. The summed E-state index contributed by atoms with van der Waals surface area (Å²) in [6.45, 7) is 6.36. The molecule has 1 aromatic carbocycles. The number of halogens is 5. The number of alkyl halides is 3. The summed E-state index contributed by atoms with van der Waals surface area (Å²) < 4.78 is 61.1. The summed E-state index contributed by atoms with van der Waals surface area (Å²) in [5.74, 6) is -0.820. The fourth-order valence-electron chi connectivity index (χ4n) is 4.33. The van der Waals surface area contributed by atoms with Crippen molar-refractivity contribution in [3.05, 3.63) is 21.9 Å². The highest BCUT2D eigenvalue weighted by Gasteiger charge is 2.37. The first-order valence-electron chi connectivity index (χ1n) is 10.7. The van der Waals surface area contributed by atoms with Crippen molar-refractivity contribution in [2.24, 2.45) is 0 Å². The van der Waals surface area contributed by atoms with Crippen molar-refractivity contribution in [3.63, 3.8) is 0 Å². The van der Waals surface area contributed by atoms with Crippen LogP contribution in [0.4, 0.5) is 23.4 Å². The molecule has 176 valence electrons. The maximum atomic E-state index is 15.2. The number of ether oxygens (including phenoxy) is 1. The van der Waals surface area contributed by atoms with Crippen molar-refractivity contribution < 1.29 is 22.3 Å². The molecule has 0 amide bonds. The van der Waals surface area contributed by atoms with Gasteiger partial charge in [0, 0.05) is 36.6 Å². The molecule has 0 unspecified atom stereocenters. The lowest BCUT2D eigenvalue weighted by Crippen LogP contribution is -2.54. The van der Waals surface area contributed by atoms with Gasteiger partial charge in [-0.3, -0.25) is 0 Å². The van der Waals surface area contributed by atoms with E-state index in [0.29, 0.717) is 19.7 Å². The van der Waals surface area contributed by atoms with Crippen LogP contribution in [-0.4, -0.2) is 66.3 Å². The minimum absolute atomic E-state index is 0.0179. The Hall–Kier alpha value is -1.72. The van der Waals surface area contributed by atoms with Crippen LogP contribution < -0.4 is 15.0 Å². The normalized spacial score (nSPS) is 25.0. The monoisotopic (exact) mass is 519 g/mol. The van der Waals surface area contributed by atoms with Gasteiger partial charge in [0.25, 0.3) is 0 Å². The molecule has 0 radical (unpaired) electrons. The number of likely N-dealkylation sites (tertiary alicyclic amines) is 1. The van der Waals surface area contributed by atoms with E-state index in [9.17, 15) is 13.2 Å². The van der Waals surface area contributed by atoms with Crippen LogP contribution in [0.2, 0.25) is 0 Å². The van der Waals surface area contributed by atoms with E-state index in [-0.39, 0.29) is 40.9 Å². The number of aromatic nitrogens is 2. The Balaban J connectivity index is 1.83. The molecule has 32 heavy (non-hydrogen) atoms. The van der Waals surface area contributed by atoms with Crippen LogP contribution in [0.3, 0.4) is 0 Å². The van der Waals surface area contributed by atoms with Crippen LogP contribution in [0.15, 0.2) is 10.5 Å². The highest BCUT2D eigenvalue weighted by Crippen LogP contribution is 2.41. The summed E-state index contributed by atoms with van der Waals surface area (Å²) in [5, 5.41) is 3.35. The number of hydrogen-bond acceptors (Lipinski definition) is 6. The molecule has 4 rings (SSSR count). The van der Waals surface area contributed by atoms with E-state index in [0.717, 1.165) is 25.5 Å². The Kier molecular flexibility index (Phi) is 6.52. The van der Waals surface area contributed by atoms with Gasteiger partial charge in [-0.2, -0.15) is 23.1 Å². The number of rotatable bonds is 4. The van der Waals surface area contributed by atoms with Crippen molar-refractivity contribution in [1.29, 1.82) is 0 Å². The smallest absolute Gasteiger partial charge is 0.417 e. The van der Waals surface area contributed by atoms with Gasteiger partial charge in [0.2, 0.25) is 0 Å². The Bertz CT molecular complexity index is 1000. The highest BCUT2D eigenvalue weighted by molar-refractivity contribution is 9.10. The summed E-state index contributed by atoms with van der Waals surface area (Å²) >= 11 is 2.78. The van der Waals surface area contributed by atoms with E-state index in [1.807, 2.05) is 25.8 Å². The van der Waals surface area contributed by atoms with Crippen LogP contribution in [-0.2, 0) is 6.18 Å². The first-order valence-corrected chi connectivity index (χ1v) is 11.5. The molecule has 2 aromatic rings. The first-order chi connectivity index (χ1) is 15.1. The minimum Gasteiger partial charge on any atom is -0.462 e. The number of likely N-dealkylation sites (N-methyl/N-ethyl adjacent to an activating group) is 1. The SMILES string of the molecule is C[C@@H]1CN(c2nc(OC[C@@H]3CCCN3C)nc3c(F)c(Br)c(C(F)(F)F)cc23)[C@@H](C)CN1. The predicted molar refractivity (Wildman–Crippen MR) is 118 cm³/mol. The molecule has 2 fully saturated rings. The van der Waals surface area contributed by atoms with E-state index >= 15 is 4.39 Å². The zero-order chi connectivity index (χ0) is 23.2. The number of hydrogen-bond donors (Lipinski definition) is 1. The van der Waals surface area contributed by atoms with E-state index in [2.05, 4.69) is 36.1 Å². The summed E-state index contributed by atoms with van der Waals surface area (Å²) in [5.41, 5.74) is -1.28. The quantitative estimate of drug-likeness (QED) is 0.610. The second-order valence-corrected chi connectivity index (χ2v) is 9.47. The maximum Gasteiger partial charge on any atom is 0.417 e. The summed E-state index contributed by atoms with van der Waals surface area (Å²) in [4.78, 5) is 12.7. The standard InChI is InChI=1S/C21H26BrF4N5O/c1-11-9-31(12(2)8-27-11)19-14-7-15(21(24,25)26)16(22)17(23)18(14)28-20(29-19)32-10-13-5-4-6-30(13)3/h7,11-13,27H,4-6,8-10H2,1-3H3/t11-,12+,13+/m1/s1. The van der Waals surface area contributed by atoms with E-state index in [4.69, 9.17) is 4.74 Å². The average Bonchev–Trinajstić information content (AvgIpc) is 3.14. The lowest BCUT2D eigenvalue weighted by molar-refractivity contribution is -0.138. The van der Waals surface area contributed by atoms with Gasteiger partial charge in [0.05, 0.1) is 10.0 Å². The molecular weight excluding hydrogens is 494 g/mol. The van der Waals surface area contributed by atoms with Gasteiger partial charge in [-0.25, -0.2) is 4.39 Å². The molecule has 0 bridgehead atoms. The Labute approximate surface area is 192 Å². The molecule has 6 nitrogen and oxygen atoms in total. The molecular formula is C21H26BrF4N5O. The van der Waals surface area contributed by atoms with Crippen LogP contribution in [0.1, 0.15) is 32.3 Å². The third-order valence-electron chi connectivity index (χ3n) is 6.25. The third-order valence-corrected chi connectivity index (χ3v) is 7.02. The Morgan fingerprint density at radius 3 is 2.69 bits per heavy atom. The molecule has 2 aliphatic rings. The number of anilines is 1. The molecule has 3 heterocycles. The Morgan fingerprint density at radius 1 is 1.28 bits per heavy atom. The van der Waals surface area contributed by atoms with Crippen LogP contribution in [0.5, 0.6) is 6.01 Å². The number of nitrogens with one attached hydrogen (secondary N) is 1. The van der Waals surface area contributed by atoms with Gasteiger partial charge in [0.15, 0.2) is 5.82 Å². The zero-order valence-corrected chi connectivity index (χ0v) is 19.7. The van der Waals surface area contributed by atoms with E-state index in [1.54, 1.807) is 0 Å².